The summed E-state index contributed by atoms with van der Waals surface area (Å²) < 4.78 is 0. The van der Waals surface area contributed by atoms with E-state index >= 15 is 0 Å². The largest absolute Gasteiger partial charge is 0.299 e. The molecule has 0 aromatic heterocycles. The number of carbonyl (C=O) groups is 2. The van der Waals surface area contributed by atoms with Crippen LogP contribution in [0.1, 0.15) is 15.9 Å². The van der Waals surface area contributed by atoms with Gasteiger partial charge in [-0.2, -0.15) is 0 Å². The number of hydrogen-bond donors (Lipinski definition) is 0. The molecule has 0 N–H and O–H groups in total. The van der Waals surface area contributed by atoms with Gasteiger partial charge in [0, 0.05) is 10.6 Å². The number of para-hydroxylation sites is 1. The summed E-state index contributed by atoms with van der Waals surface area (Å²) in [5.41, 5.74) is 3.10. The van der Waals surface area contributed by atoms with Gasteiger partial charge in [-0.25, -0.2) is 0 Å². The zero-order chi connectivity index (χ0) is 12.6. The fourth-order valence-electron chi connectivity index (χ4n) is 1.88. The van der Waals surface area contributed by atoms with Crippen molar-refractivity contribution in [2.24, 2.45) is 0 Å². The highest BCUT2D eigenvalue weighted by Crippen LogP contribution is 2.32. The van der Waals surface area contributed by atoms with E-state index in [1.807, 2.05) is 13.0 Å². The molecule has 0 unspecified atom stereocenters. The van der Waals surface area contributed by atoms with Gasteiger partial charge < -0.3 is 0 Å². The Morgan fingerprint density at radius 2 is 2.12 bits per heavy atom. The zero-order valence-electron chi connectivity index (χ0n) is 9.04. The van der Waals surface area contributed by atoms with E-state index < -0.39 is 11.7 Å². The van der Waals surface area contributed by atoms with E-state index in [-0.39, 0.29) is 6.54 Å². The number of halogens is 2. The molecule has 2 rings (SSSR count). The highest BCUT2D eigenvalue weighted by atomic mass is 35.5. The average Bonchev–Trinajstić information content (AvgIpc) is 2.56. The third kappa shape index (κ3) is 1.96. The predicted molar refractivity (Wildman–Crippen MR) is 67.7 cm³/mol. The van der Waals surface area contributed by atoms with E-state index in [1.54, 1.807) is 12.1 Å². The summed E-state index contributed by atoms with van der Waals surface area (Å²) in [5, 5.41) is 0.309. The van der Waals surface area contributed by atoms with Gasteiger partial charge in [-0.1, -0.05) is 35.3 Å². The molecule has 0 spiro atoms. The lowest BCUT2D eigenvalue weighted by atomic mass is 10.1. The van der Waals surface area contributed by atoms with Crippen LogP contribution in [0.15, 0.2) is 28.8 Å². The lowest BCUT2D eigenvalue weighted by molar-refractivity contribution is -0.114. The molecule has 3 nitrogen and oxygen atoms in total. The van der Waals surface area contributed by atoms with Crippen LogP contribution < -0.4 is 4.90 Å². The van der Waals surface area contributed by atoms with Gasteiger partial charge in [-0.15, -0.1) is 0 Å². The lowest BCUT2D eigenvalue weighted by Gasteiger charge is -2.17. The van der Waals surface area contributed by atoms with E-state index in [1.165, 1.54) is 10.4 Å². The summed E-state index contributed by atoms with van der Waals surface area (Å²) in [6, 6.07) is 5.23. The maximum Gasteiger partial charge on any atom is 0.299 e. The van der Waals surface area contributed by atoms with Crippen molar-refractivity contribution in [3.8, 4) is 0 Å². The summed E-state index contributed by atoms with van der Waals surface area (Å²) in [6.07, 6.45) is 0. The Morgan fingerprint density at radius 3 is 2.76 bits per heavy atom. The molecule has 88 valence electrons. The van der Waals surface area contributed by atoms with Crippen molar-refractivity contribution < 1.29 is 9.59 Å². The van der Waals surface area contributed by atoms with Crippen LogP contribution in [0.3, 0.4) is 0 Å². The Labute approximate surface area is 109 Å². The maximum absolute atomic E-state index is 11.8. The quantitative estimate of drug-likeness (QED) is 0.775. The van der Waals surface area contributed by atoms with Crippen LogP contribution in [-0.4, -0.2) is 18.2 Å². The summed E-state index contributed by atoms with van der Waals surface area (Å²) >= 11 is 11.3. The van der Waals surface area contributed by atoms with Crippen LogP contribution in [-0.2, 0) is 4.79 Å². The van der Waals surface area contributed by atoms with Crippen LogP contribution >= 0.6 is 23.2 Å². The summed E-state index contributed by atoms with van der Waals surface area (Å²) in [7, 11) is 0. The highest BCUT2D eigenvalue weighted by Gasteiger charge is 2.36. The van der Waals surface area contributed by atoms with Gasteiger partial charge in [0.2, 0.25) is 0 Å². The maximum atomic E-state index is 11.8. The minimum Gasteiger partial charge on any atom is -0.299 e. The van der Waals surface area contributed by atoms with Gasteiger partial charge in [0.25, 0.3) is 11.7 Å². The minimum absolute atomic E-state index is 0.119. The minimum atomic E-state index is -0.564. The molecular weight excluding hydrogens is 261 g/mol. The van der Waals surface area contributed by atoms with Crippen molar-refractivity contribution in [3.05, 3.63) is 39.9 Å². The summed E-state index contributed by atoms with van der Waals surface area (Å²) in [4.78, 5) is 24.9. The van der Waals surface area contributed by atoms with Crippen molar-refractivity contribution in [2.75, 3.05) is 11.4 Å². The molecule has 1 aliphatic heterocycles. The molecule has 0 saturated carbocycles. The van der Waals surface area contributed by atoms with E-state index in [9.17, 15) is 9.59 Å². The van der Waals surface area contributed by atoms with E-state index in [4.69, 9.17) is 23.2 Å². The third-order valence-corrected chi connectivity index (χ3v) is 3.22. The number of rotatable bonds is 2. The SMILES string of the molecule is Cc1cccc2c1N(CC(Cl)=CCl)C(=O)C2=O. The molecule has 1 aliphatic rings. The van der Waals surface area contributed by atoms with Crippen molar-refractivity contribution in [1.29, 1.82) is 0 Å². The Hall–Kier alpha value is -1.32. The molecule has 0 saturated heterocycles. The second-order valence-corrected chi connectivity index (χ2v) is 4.45. The number of amides is 1. The molecule has 1 heterocycles. The van der Waals surface area contributed by atoms with Gasteiger partial charge in [0.05, 0.1) is 17.8 Å². The molecule has 5 heteroatoms. The Bertz CT molecular complexity index is 537. The molecule has 0 bridgehead atoms. The number of Topliss-reactive ketones (excluding diaryl/α,β-unsaturated/α-hetero) is 1. The number of ketones is 1. The predicted octanol–water partition coefficient (Wildman–Crippen LogP) is 2.84. The first-order valence-electron chi connectivity index (χ1n) is 4.97. The van der Waals surface area contributed by atoms with Gasteiger partial charge in [0.1, 0.15) is 0 Å². The Balaban J connectivity index is 2.50. The Kier molecular flexibility index (Phi) is 3.22. The first kappa shape index (κ1) is 12.1. The molecule has 1 amide bonds. The van der Waals surface area contributed by atoms with Crippen LogP contribution in [0.5, 0.6) is 0 Å². The number of aryl methyl sites for hydroxylation is 1. The second kappa shape index (κ2) is 4.51. The van der Waals surface area contributed by atoms with Gasteiger partial charge in [-0.3, -0.25) is 14.5 Å². The van der Waals surface area contributed by atoms with Gasteiger partial charge in [-0.05, 0) is 18.6 Å². The normalized spacial score (nSPS) is 15.5. The third-order valence-electron chi connectivity index (χ3n) is 2.62. The van der Waals surface area contributed by atoms with Gasteiger partial charge in [0.15, 0.2) is 0 Å². The molecule has 0 radical (unpaired) electrons. The number of benzene rings is 1. The number of carbonyl (C=O) groups excluding carboxylic acids is 2. The molecule has 0 atom stereocenters. The first-order valence-corrected chi connectivity index (χ1v) is 5.78. The van der Waals surface area contributed by atoms with Crippen LogP contribution in [0.25, 0.3) is 0 Å². The monoisotopic (exact) mass is 269 g/mol. The molecule has 0 aliphatic carbocycles. The number of fused-ring (bicyclic) bond motifs is 1. The van der Waals surface area contributed by atoms with E-state index in [2.05, 4.69) is 0 Å². The molecule has 17 heavy (non-hydrogen) atoms. The van der Waals surface area contributed by atoms with Crippen LogP contribution in [0.4, 0.5) is 5.69 Å². The van der Waals surface area contributed by atoms with Gasteiger partial charge >= 0.3 is 0 Å². The molecule has 1 aromatic rings. The van der Waals surface area contributed by atoms with E-state index in [0.29, 0.717) is 16.3 Å². The molecule has 1 aromatic carbocycles. The fraction of sp³-hybridized carbons (Fsp3) is 0.167. The van der Waals surface area contributed by atoms with Crippen molar-refractivity contribution >= 4 is 40.6 Å². The fourth-order valence-corrected chi connectivity index (χ4v) is 2.06. The second-order valence-electron chi connectivity index (χ2n) is 3.75. The molecular formula is C12H9Cl2NO2. The highest BCUT2D eigenvalue weighted by molar-refractivity contribution is 6.52. The zero-order valence-corrected chi connectivity index (χ0v) is 10.5. The standard InChI is InChI=1S/C12H9Cl2NO2/c1-7-3-2-4-9-10(7)15(6-8(14)5-13)12(17)11(9)16/h2-5H,6H2,1H3. The van der Waals surface area contributed by atoms with E-state index in [0.717, 1.165) is 5.56 Å². The number of anilines is 1. The van der Waals surface area contributed by atoms with Crippen molar-refractivity contribution in [1.82, 2.24) is 0 Å². The van der Waals surface area contributed by atoms with Crippen molar-refractivity contribution in [3.63, 3.8) is 0 Å². The average molecular weight is 270 g/mol. The van der Waals surface area contributed by atoms with Crippen LogP contribution in [0, 0.1) is 6.92 Å². The Morgan fingerprint density at radius 1 is 1.41 bits per heavy atom. The summed E-state index contributed by atoms with van der Waals surface area (Å²) in [5.74, 6) is -1.06. The van der Waals surface area contributed by atoms with Crippen LogP contribution in [0.2, 0.25) is 0 Å². The molecule has 0 fully saturated rings. The van der Waals surface area contributed by atoms with Crippen molar-refractivity contribution in [2.45, 2.75) is 6.92 Å². The topological polar surface area (TPSA) is 37.4 Å². The first-order chi connectivity index (χ1) is 8.06. The smallest absolute Gasteiger partial charge is 0.299 e. The summed E-state index contributed by atoms with van der Waals surface area (Å²) in [6.45, 7) is 1.96. The lowest BCUT2D eigenvalue weighted by Crippen LogP contribution is -2.31. The number of hydrogen-bond acceptors (Lipinski definition) is 2. The number of nitrogens with zero attached hydrogens (tertiary/aromatic N) is 1.